The van der Waals surface area contributed by atoms with Crippen LogP contribution in [-0.2, 0) is 49.6 Å². The highest BCUT2D eigenvalue weighted by Crippen LogP contribution is 2.39. The van der Waals surface area contributed by atoms with E-state index < -0.39 is 103 Å². The van der Waals surface area contributed by atoms with Gasteiger partial charge in [0.15, 0.2) is 0 Å². The fraction of sp³-hybridized carbons (Fsp3) is 0.604. The summed E-state index contributed by atoms with van der Waals surface area (Å²) in [7, 11) is 2.68. The molecule has 2 aromatic carbocycles. The van der Waals surface area contributed by atoms with Gasteiger partial charge >= 0.3 is 5.97 Å². The largest absolute Gasteiger partial charge is 0.507 e. The number of phenolic OH excluding ortho intramolecular Hbond substituents is 2. The van der Waals surface area contributed by atoms with Crippen LogP contribution in [0.15, 0.2) is 36.4 Å². The Morgan fingerprint density at radius 3 is 1.96 bits per heavy atom. The minimum Gasteiger partial charge on any atom is -0.507 e. The smallest absolute Gasteiger partial charge is 0.326 e. The van der Waals surface area contributed by atoms with E-state index in [2.05, 4.69) is 33.5 Å². The lowest BCUT2D eigenvalue weighted by Crippen LogP contribution is -2.56. The van der Waals surface area contributed by atoms with Crippen molar-refractivity contribution < 1.29 is 63.6 Å². The first kappa shape index (κ1) is 59.8. The van der Waals surface area contributed by atoms with Crippen molar-refractivity contribution >= 4 is 53.2 Å². The van der Waals surface area contributed by atoms with Crippen LogP contribution in [0, 0.1) is 0 Å². The van der Waals surface area contributed by atoms with E-state index in [0.717, 1.165) is 40.4 Å². The molecule has 0 saturated carbocycles. The number of unbranched alkanes of at least 4 members (excludes halogenated alkanes) is 12. The molecule has 408 valence electrons. The minimum absolute atomic E-state index is 0.0332. The maximum Gasteiger partial charge on any atom is 0.326 e. The SMILES string of the molecule is CCCCCCCCCCCCCCCC(=O)N(C)C(CO)C(=O)NC(C)C(=O)NCC(=O)N(C)C1C(=O)NC(C)C(=O)NC(C(=O)NCC(=O)N2CCCC2C(=O)O)Cc2ccc(O)c(c2)-c2cc1ccc2O. The second kappa shape index (κ2) is 29.8. The van der Waals surface area contributed by atoms with Gasteiger partial charge in [0.05, 0.1) is 19.7 Å². The van der Waals surface area contributed by atoms with Crippen molar-refractivity contribution in [3.63, 3.8) is 0 Å². The highest BCUT2D eigenvalue weighted by Gasteiger charge is 2.36. The summed E-state index contributed by atoms with van der Waals surface area (Å²) in [5.74, 6) is -7.70. The van der Waals surface area contributed by atoms with Crippen LogP contribution in [0.2, 0.25) is 0 Å². The molecule has 74 heavy (non-hydrogen) atoms. The van der Waals surface area contributed by atoms with E-state index in [4.69, 9.17) is 0 Å². The number of nitrogens with one attached hydrogen (secondary N) is 5. The van der Waals surface area contributed by atoms with Crippen LogP contribution >= 0.6 is 0 Å². The number of benzene rings is 2. The molecule has 0 aromatic heterocycles. The summed E-state index contributed by atoms with van der Waals surface area (Å²) in [5, 5.41) is 54.3. The third-order valence-electron chi connectivity index (χ3n) is 13.8. The molecule has 6 unspecified atom stereocenters. The number of nitrogens with zero attached hydrogens (tertiary/aromatic N) is 3. The van der Waals surface area contributed by atoms with E-state index in [1.807, 2.05) is 0 Å². The van der Waals surface area contributed by atoms with E-state index >= 15 is 0 Å². The van der Waals surface area contributed by atoms with Crippen molar-refractivity contribution in [1.82, 2.24) is 41.3 Å². The van der Waals surface area contributed by atoms with Gasteiger partial charge < -0.3 is 61.7 Å². The van der Waals surface area contributed by atoms with Crippen LogP contribution in [0.25, 0.3) is 11.1 Å². The van der Waals surface area contributed by atoms with Crippen molar-refractivity contribution in [2.75, 3.05) is 40.3 Å². The predicted octanol–water partition coefficient (Wildman–Crippen LogP) is 2.92. The number of likely N-dealkylation sites (N-methyl/N-ethyl adjacent to an activating group) is 2. The molecular formula is C53H78N8O13. The van der Waals surface area contributed by atoms with Gasteiger partial charge in [-0.1, -0.05) is 96.1 Å². The molecule has 0 radical (unpaired) electrons. The Labute approximate surface area is 433 Å². The van der Waals surface area contributed by atoms with Crippen LogP contribution in [0.5, 0.6) is 11.5 Å². The Morgan fingerprint density at radius 2 is 1.35 bits per heavy atom. The highest BCUT2D eigenvalue weighted by atomic mass is 16.4. The zero-order chi connectivity index (χ0) is 54.5. The molecule has 9 N–H and O–H groups in total. The number of aliphatic hydroxyl groups is 1. The summed E-state index contributed by atoms with van der Waals surface area (Å²) < 4.78 is 0. The van der Waals surface area contributed by atoms with Crippen LogP contribution in [-0.4, -0.2) is 159 Å². The number of carboxylic acid groups (broad SMARTS) is 1. The number of rotatable bonds is 26. The van der Waals surface area contributed by atoms with Crippen LogP contribution in [0.1, 0.15) is 141 Å². The van der Waals surface area contributed by atoms with Crippen LogP contribution < -0.4 is 26.6 Å². The number of fused-ring (bicyclic) bond motifs is 5. The molecule has 4 rings (SSSR count). The molecule has 2 heterocycles. The fourth-order valence-corrected chi connectivity index (χ4v) is 9.21. The summed E-state index contributed by atoms with van der Waals surface area (Å²) in [5.41, 5.74) is 0.615. The summed E-state index contributed by atoms with van der Waals surface area (Å²) in [4.78, 5) is 123. The van der Waals surface area contributed by atoms with Crippen molar-refractivity contribution in [3.05, 3.63) is 47.5 Å². The van der Waals surface area contributed by atoms with Gasteiger partial charge in [-0.25, -0.2) is 4.79 Å². The van der Waals surface area contributed by atoms with Gasteiger partial charge in [-0.05, 0) is 68.5 Å². The topological polar surface area (TPSA) is 304 Å². The summed E-state index contributed by atoms with van der Waals surface area (Å²) in [6.45, 7) is 3.14. The lowest BCUT2D eigenvalue weighted by molar-refractivity contribution is -0.148. The Bertz CT molecular complexity index is 2290. The third-order valence-corrected chi connectivity index (χ3v) is 13.8. The Balaban J connectivity index is 1.38. The normalized spacial score (nSPS) is 18.4. The number of hydrogen-bond acceptors (Lipinski definition) is 12. The van der Waals surface area contributed by atoms with Crippen molar-refractivity contribution in [2.45, 2.75) is 166 Å². The molecule has 1 fully saturated rings. The lowest BCUT2D eigenvalue weighted by atomic mass is 9.93. The summed E-state index contributed by atoms with van der Waals surface area (Å²) >= 11 is 0. The first-order valence-electron chi connectivity index (χ1n) is 26.1. The number of likely N-dealkylation sites (tertiary alicyclic amines) is 1. The Morgan fingerprint density at radius 1 is 0.757 bits per heavy atom. The average molecular weight is 1040 g/mol. The van der Waals surface area contributed by atoms with Crippen molar-refractivity contribution in [3.8, 4) is 22.6 Å². The Hall–Kier alpha value is -6.77. The molecule has 8 amide bonds. The first-order valence-corrected chi connectivity index (χ1v) is 26.1. The quantitative estimate of drug-likeness (QED) is 0.0614. The molecule has 0 spiro atoms. The van der Waals surface area contributed by atoms with Gasteiger partial charge in [-0.3, -0.25) is 38.4 Å². The predicted molar refractivity (Wildman–Crippen MR) is 274 cm³/mol. The highest BCUT2D eigenvalue weighted by molar-refractivity contribution is 5.97. The number of carbonyl (C=O) groups excluding carboxylic acids is 8. The average Bonchev–Trinajstić information content (AvgIpc) is 3.88. The molecule has 2 aliphatic heterocycles. The van der Waals surface area contributed by atoms with Gasteiger partial charge in [-0.15, -0.1) is 0 Å². The van der Waals surface area contributed by atoms with E-state index in [0.29, 0.717) is 18.4 Å². The number of aromatic hydroxyl groups is 2. The molecular weight excluding hydrogens is 957 g/mol. The summed E-state index contributed by atoms with van der Waals surface area (Å²) in [6.07, 6.45) is 15.7. The molecule has 0 aliphatic carbocycles. The zero-order valence-electron chi connectivity index (χ0n) is 43.6. The molecule has 2 aliphatic rings. The van der Waals surface area contributed by atoms with E-state index in [9.17, 15) is 63.6 Å². The molecule has 1 saturated heterocycles. The Kier molecular flexibility index (Phi) is 24.1. The van der Waals surface area contributed by atoms with Crippen LogP contribution in [0.3, 0.4) is 0 Å². The molecule has 4 bridgehead atoms. The zero-order valence-corrected chi connectivity index (χ0v) is 43.6. The number of hydrogen-bond donors (Lipinski definition) is 9. The number of aliphatic hydroxyl groups excluding tert-OH is 1. The number of carboxylic acids is 1. The minimum atomic E-state index is -1.53. The third kappa shape index (κ3) is 17.4. The van der Waals surface area contributed by atoms with Gasteiger partial charge in [0.25, 0.3) is 0 Å². The van der Waals surface area contributed by atoms with Crippen molar-refractivity contribution in [1.29, 1.82) is 0 Å². The molecule has 21 heteroatoms. The summed E-state index contributed by atoms with van der Waals surface area (Å²) in [6, 6.07) is 0.453. The van der Waals surface area contributed by atoms with Crippen LogP contribution in [0.4, 0.5) is 0 Å². The molecule has 21 nitrogen and oxygen atoms in total. The monoisotopic (exact) mass is 1030 g/mol. The second-order valence-corrected chi connectivity index (χ2v) is 19.5. The van der Waals surface area contributed by atoms with Gasteiger partial charge in [-0.2, -0.15) is 0 Å². The van der Waals surface area contributed by atoms with Crippen molar-refractivity contribution in [2.24, 2.45) is 0 Å². The molecule has 6 atom stereocenters. The van der Waals surface area contributed by atoms with Gasteiger partial charge in [0.2, 0.25) is 47.3 Å². The molecule has 2 aromatic rings. The van der Waals surface area contributed by atoms with E-state index in [-0.39, 0.29) is 59.9 Å². The van der Waals surface area contributed by atoms with Gasteiger partial charge in [0.1, 0.15) is 47.8 Å². The number of aliphatic carboxylic acids is 1. The second-order valence-electron chi connectivity index (χ2n) is 19.5. The number of phenols is 2. The maximum absolute atomic E-state index is 14.2. The van der Waals surface area contributed by atoms with E-state index in [1.54, 1.807) is 0 Å². The maximum atomic E-state index is 14.2. The van der Waals surface area contributed by atoms with Gasteiger partial charge in [0, 0.05) is 44.6 Å². The number of carbonyl (C=O) groups is 9. The standard InChI is InChI=1S/C53H78N8O13/c1-6-7-8-9-10-11-12-13-14-15-16-17-18-21-44(65)59(4)41(32-62)51(71)56-33(2)48(68)54-30-45(66)60(5)47-36-23-25-43(64)38(29-36)37-27-35(22-24-42(37)63)28-39(58-49(69)34(3)57-52(47)72)50(70)55-31-46(67)61-26-19-20-40(61)53(73)74/h22-25,27,29,33-34,39-41,47,62-64H,6-21,26,28,30-32H2,1-5H3,(H,54,68)(H,55,70)(H,56,71)(H,57,72)(H,58,69)(H,73,74). The van der Waals surface area contributed by atoms with E-state index in [1.165, 1.54) is 116 Å². The lowest BCUT2D eigenvalue weighted by Gasteiger charge is -2.30. The fourth-order valence-electron chi connectivity index (χ4n) is 9.21. The first-order chi connectivity index (χ1) is 35.3. The number of amides is 8.